The zero-order chi connectivity index (χ0) is 19.4. The number of hydrogen-bond donors (Lipinski definition) is 0. The number of alkyl halides is 2. The third kappa shape index (κ3) is 5.28. The summed E-state index contributed by atoms with van der Waals surface area (Å²) < 4.78 is 52.4. The highest BCUT2D eigenvalue weighted by atomic mass is 32.2. The van der Waals surface area contributed by atoms with E-state index >= 15 is 0 Å². The fourth-order valence-electron chi connectivity index (χ4n) is 3.85. The standard InChI is InChI=1S/C19H23F2NO4S/c20-19(21)26-17-8-5-14(6-9-17)7-10-18(23)22(15-3-1-2-4-15)16-11-12-27(24,25)13-16/h5-10,15-16,19H,1-4,11-13H2. The van der Waals surface area contributed by atoms with Crippen LogP contribution in [0.3, 0.4) is 0 Å². The van der Waals surface area contributed by atoms with Crippen LogP contribution < -0.4 is 4.74 Å². The molecule has 1 saturated carbocycles. The van der Waals surface area contributed by atoms with E-state index in [0.29, 0.717) is 12.0 Å². The van der Waals surface area contributed by atoms with Crippen molar-refractivity contribution >= 4 is 21.8 Å². The summed E-state index contributed by atoms with van der Waals surface area (Å²) >= 11 is 0. The number of ether oxygens (including phenoxy) is 1. The second-order valence-electron chi connectivity index (χ2n) is 7.02. The highest BCUT2D eigenvalue weighted by Crippen LogP contribution is 2.29. The number of halogens is 2. The van der Waals surface area contributed by atoms with Gasteiger partial charge < -0.3 is 9.64 Å². The molecule has 0 N–H and O–H groups in total. The van der Waals surface area contributed by atoms with Gasteiger partial charge in [0.25, 0.3) is 0 Å². The average Bonchev–Trinajstić information content (AvgIpc) is 3.24. The number of hydrogen-bond acceptors (Lipinski definition) is 4. The van der Waals surface area contributed by atoms with Crippen molar-refractivity contribution < 1.29 is 26.7 Å². The first kappa shape index (κ1) is 19.8. The second-order valence-corrected chi connectivity index (χ2v) is 9.25. The van der Waals surface area contributed by atoms with Gasteiger partial charge in [-0.3, -0.25) is 4.79 Å². The third-order valence-electron chi connectivity index (χ3n) is 5.10. The van der Waals surface area contributed by atoms with Crippen LogP contribution in [0.25, 0.3) is 6.08 Å². The van der Waals surface area contributed by atoms with Crippen LogP contribution >= 0.6 is 0 Å². The summed E-state index contributed by atoms with van der Waals surface area (Å²) in [5.74, 6) is 0.0146. The molecule has 1 atom stereocenters. The fourth-order valence-corrected chi connectivity index (χ4v) is 5.56. The van der Waals surface area contributed by atoms with Gasteiger partial charge in [0.2, 0.25) is 5.91 Å². The van der Waals surface area contributed by atoms with E-state index in [4.69, 9.17) is 0 Å². The smallest absolute Gasteiger partial charge is 0.387 e. The average molecular weight is 399 g/mol. The maximum absolute atomic E-state index is 12.8. The minimum absolute atomic E-state index is 0.0305. The molecule has 1 aliphatic carbocycles. The Bertz CT molecular complexity index is 786. The van der Waals surface area contributed by atoms with Gasteiger partial charge >= 0.3 is 6.61 Å². The van der Waals surface area contributed by atoms with E-state index in [9.17, 15) is 22.0 Å². The van der Waals surface area contributed by atoms with Crippen molar-refractivity contribution in [3.8, 4) is 5.75 Å². The molecule has 0 aromatic heterocycles. The van der Waals surface area contributed by atoms with Crippen LogP contribution in [0.1, 0.15) is 37.7 Å². The first-order chi connectivity index (χ1) is 12.8. The second kappa shape index (κ2) is 8.37. The Balaban J connectivity index is 1.71. The number of sulfone groups is 1. The van der Waals surface area contributed by atoms with Crippen molar-refractivity contribution in [3.05, 3.63) is 35.9 Å². The minimum atomic E-state index is -3.08. The Morgan fingerprint density at radius 1 is 1.11 bits per heavy atom. The molecule has 0 radical (unpaired) electrons. The van der Waals surface area contributed by atoms with Gasteiger partial charge in [0.05, 0.1) is 11.5 Å². The zero-order valence-corrected chi connectivity index (χ0v) is 15.7. The molecule has 2 aliphatic rings. The molecule has 1 amide bonds. The molecule has 1 aliphatic heterocycles. The van der Waals surface area contributed by atoms with Gasteiger partial charge in [0.15, 0.2) is 9.84 Å². The predicted octanol–water partition coefficient (Wildman–Crippen LogP) is 3.26. The first-order valence-corrected chi connectivity index (χ1v) is 10.9. The predicted molar refractivity (Wildman–Crippen MR) is 98.3 cm³/mol. The van der Waals surface area contributed by atoms with Gasteiger partial charge in [-0.15, -0.1) is 0 Å². The van der Waals surface area contributed by atoms with Gasteiger partial charge in [0.1, 0.15) is 5.75 Å². The van der Waals surface area contributed by atoms with E-state index in [1.54, 1.807) is 23.1 Å². The molecular weight excluding hydrogens is 376 g/mol. The van der Waals surface area contributed by atoms with Crippen LogP contribution in [-0.4, -0.2) is 49.4 Å². The summed E-state index contributed by atoms with van der Waals surface area (Å²) in [7, 11) is -3.08. The van der Waals surface area contributed by atoms with Crippen molar-refractivity contribution in [3.63, 3.8) is 0 Å². The van der Waals surface area contributed by atoms with Crippen molar-refractivity contribution in [1.82, 2.24) is 4.90 Å². The maximum Gasteiger partial charge on any atom is 0.387 e. The van der Waals surface area contributed by atoms with E-state index in [-0.39, 0.29) is 35.2 Å². The summed E-state index contributed by atoms with van der Waals surface area (Å²) in [4.78, 5) is 14.6. The summed E-state index contributed by atoms with van der Waals surface area (Å²) in [5, 5.41) is 0. The molecule has 8 heteroatoms. The molecule has 1 aromatic rings. The van der Waals surface area contributed by atoms with Gasteiger partial charge in [-0.25, -0.2) is 8.42 Å². The third-order valence-corrected chi connectivity index (χ3v) is 6.85. The summed E-state index contributed by atoms with van der Waals surface area (Å²) in [6.07, 6.45) is 7.42. The highest BCUT2D eigenvalue weighted by Gasteiger charge is 2.38. The first-order valence-electron chi connectivity index (χ1n) is 9.10. The van der Waals surface area contributed by atoms with Crippen LogP contribution in [0.4, 0.5) is 8.78 Å². The lowest BCUT2D eigenvalue weighted by Crippen LogP contribution is -2.46. The van der Waals surface area contributed by atoms with Crippen molar-refractivity contribution in [2.24, 2.45) is 0 Å². The minimum Gasteiger partial charge on any atom is -0.435 e. The van der Waals surface area contributed by atoms with Crippen LogP contribution in [0.15, 0.2) is 30.3 Å². The molecule has 27 heavy (non-hydrogen) atoms. The van der Waals surface area contributed by atoms with Crippen LogP contribution in [0, 0.1) is 0 Å². The largest absolute Gasteiger partial charge is 0.435 e. The lowest BCUT2D eigenvalue weighted by molar-refractivity contribution is -0.130. The number of rotatable bonds is 6. The van der Waals surface area contributed by atoms with Gasteiger partial charge in [-0.2, -0.15) is 8.78 Å². The Hall–Kier alpha value is -1.96. The van der Waals surface area contributed by atoms with Gasteiger partial charge in [-0.05, 0) is 43.0 Å². The Morgan fingerprint density at radius 3 is 2.33 bits per heavy atom. The topological polar surface area (TPSA) is 63.7 Å². The van der Waals surface area contributed by atoms with Crippen LogP contribution in [-0.2, 0) is 14.6 Å². The number of carbonyl (C=O) groups excluding carboxylic acids is 1. The molecule has 0 bridgehead atoms. The number of benzene rings is 1. The molecule has 1 heterocycles. The lowest BCUT2D eigenvalue weighted by Gasteiger charge is -2.33. The van der Waals surface area contributed by atoms with Crippen LogP contribution in [0.2, 0.25) is 0 Å². The van der Waals surface area contributed by atoms with E-state index in [1.807, 2.05) is 0 Å². The maximum atomic E-state index is 12.8. The SMILES string of the molecule is O=C(C=Cc1ccc(OC(F)F)cc1)N(C1CCCC1)C1CCS(=O)(=O)C1. The summed E-state index contributed by atoms with van der Waals surface area (Å²) in [6, 6.07) is 5.81. The molecule has 1 aromatic carbocycles. The highest BCUT2D eigenvalue weighted by molar-refractivity contribution is 7.91. The van der Waals surface area contributed by atoms with Crippen LogP contribution in [0.5, 0.6) is 5.75 Å². The van der Waals surface area contributed by atoms with Gasteiger partial charge in [-0.1, -0.05) is 25.0 Å². The molecule has 2 fully saturated rings. The quantitative estimate of drug-likeness (QED) is 0.689. The summed E-state index contributed by atoms with van der Waals surface area (Å²) in [6.45, 7) is -2.88. The molecular formula is C19H23F2NO4S. The summed E-state index contributed by atoms with van der Waals surface area (Å²) in [5.41, 5.74) is 0.676. The van der Waals surface area contributed by atoms with Crippen molar-refractivity contribution in [2.45, 2.75) is 50.8 Å². The Kier molecular flexibility index (Phi) is 6.14. The fraction of sp³-hybridized carbons (Fsp3) is 0.526. The van der Waals surface area contributed by atoms with Crippen molar-refractivity contribution in [2.75, 3.05) is 11.5 Å². The molecule has 148 valence electrons. The molecule has 3 rings (SSSR count). The number of nitrogens with zero attached hydrogens (tertiary/aromatic N) is 1. The number of amides is 1. The lowest BCUT2D eigenvalue weighted by atomic mass is 10.1. The normalized spacial score (nSPS) is 22.6. The molecule has 0 spiro atoms. The van der Waals surface area contributed by atoms with E-state index < -0.39 is 16.4 Å². The number of carbonyl (C=O) groups is 1. The molecule has 1 unspecified atom stereocenters. The van der Waals surface area contributed by atoms with Crippen molar-refractivity contribution in [1.29, 1.82) is 0 Å². The van der Waals surface area contributed by atoms with E-state index in [0.717, 1.165) is 25.7 Å². The Labute approximate surface area is 157 Å². The van der Waals surface area contributed by atoms with E-state index in [1.165, 1.54) is 18.2 Å². The zero-order valence-electron chi connectivity index (χ0n) is 14.9. The van der Waals surface area contributed by atoms with Gasteiger partial charge in [0, 0.05) is 18.2 Å². The molecule has 5 nitrogen and oxygen atoms in total. The monoisotopic (exact) mass is 399 g/mol. The molecule has 1 saturated heterocycles. The van der Waals surface area contributed by atoms with E-state index in [2.05, 4.69) is 4.74 Å². The Morgan fingerprint density at radius 2 is 1.78 bits per heavy atom.